The minimum absolute atomic E-state index is 0.842. The highest BCUT2D eigenvalue weighted by Crippen LogP contribution is 2.20. The third kappa shape index (κ3) is 5.57. The lowest BCUT2D eigenvalue weighted by atomic mass is 10.2. The number of anilines is 3. The maximum atomic E-state index is 4.76. The van der Waals surface area contributed by atoms with Gasteiger partial charge in [-0.05, 0) is 58.6 Å². The molecule has 1 fully saturated rings. The molecule has 1 aromatic heterocycles. The van der Waals surface area contributed by atoms with Crippen LogP contribution in [0.5, 0.6) is 0 Å². The Bertz CT molecular complexity index is 737. The molecule has 0 spiro atoms. The van der Waals surface area contributed by atoms with Crippen molar-refractivity contribution in [3.63, 3.8) is 0 Å². The summed E-state index contributed by atoms with van der Waals surface area (Å²) in [5, 5.41) is 3.45. The molecule has 0 bridgehead atoms. The number of hydrogen-bond acceptors (Lipinski definition) is 6. The SMILES string of the molecule is Cc1cccc(N2CCN(c3nc(C)cc(NCCCN(C)C)n3)CC2)c1. The summed E-state index contributed by atoms with van der Waals surface area (Å²) in [6, 6.07) is 10.8. The zero-order valence-corrected chi connectivity index (χ0v) is 17.1. The number of hydrogen-bond donors (Lipinski definition) is 1. The molecular weight excluding hydrogens is 336 g/mol. The molecule has 2 aromatic rings. The van der Waals surface area contributed by atoms with Crippen LogP contribution in [0.1, 0.15) is 17.7 Å². The highest BCUT2D eigenvalue weighted by Gasteiger charge is 2.20. The molecule has 0 unspecified atom stereocenters. The van der Waals surface area contributed by atoms with Gasteiger partial charge in [-0.3, -0.25) is 0 Å². The fraction of sp³-hybridized carbons (Fsp3) is 0.524. The maximum Gasteiger partial charge on any atom is 0.227 e. The summed E-state index contributed by atoms with van der Waals surface area (Å²) in [6.07, 6.45) is 1.10. The van der Waals surface area contributed by atoms with Crippen molar-refractivity contribution in [3.8, 4) is 0 Å². The lowest BCUT2D eigenvalue weighted by Gasteiger charge is -2.36. The van der Waals surface area contributed by atoms with E-state index in [1.165, 1.54) is 11.3 Å². The smallest absolute Gasteiger partial charge is 0.227 e. The highest BCUT2D eigenvalue weighted by molar-refractivity contribution is 5.51. The summed E-state index contributed by atoms with van der Waals surface area (Å²) < 4.78 is 0. The highest BCUT2D eigenvalue weighted by atomic mass is 15.3. The summed E-state index contributed by atoms with van der Waals surface area (Å²) in [6.45, 7) is 10.1. The van der Waals surface area contributed by atoms with Crippen molar-refractivity contribution in [1.29, 1.82) is 0 Å². The van der Waals surface area contributed by atoms with E-state index in [-0.39, 0.29) is 0 Å². The van der Waals surface area contributed by atoms with Gasteiger partial charge < -0.3 is 20.0 Å². The molecule has 2 heterocycles. The Labute approximate surface area is 163 Å². The molecule has 1 saturated heterocycles. The van der Waals surface area contributed by atoms with Gasteiger partial charge in [-0.15, -0.1) is 0 Å². The van der Waals surface area contributed by atoms with Crippen LogP contribution in [0.3, 0.4) is 0 Å². The van der Waals surface area contributed by atoms with Gasteiger partial charge in [-0.1, -0.05) is 12.1 Å². The van der Waals surface area contributed by atoms with Crippen LogP contribution in [-0.4, -0.2) is 68.2 Å². The normalized spacial score (nSPS) is 14.7. The topological polar surface area (TPSA) is 47.5 Å². The average Bonchev–Trinajstić information content (AvgIpc) is 2.65. The summed E-state index contributed by atoms with van der Waals surface area (Å²) in [7, 11) is 4.20. The van der Waals surface area contributed by atoms with E-state index in [2.05, 4.69) is 70.3 Å². The number of benzene rings is 1. The lowest BCUT2D eigenvalue weighted by molar-refractivity contribution is 0.405. The number of aryl methyl sites for hydroxylation is 2. The van der Waals surface area contributed by atoms with E-state index in [0.717, 1.165) is 63.1 Å². The Kier molecular flexibility index (Phi) is 6.50. The molecule has 0 saturated carbocycles. The van der Waals surface area contributed by atoms with Crippen molar-refractivity contribution in [2.45, 2.75) is 20.3 Å². The molecule has 6 nitrogen and oxygen atoms in total. The first-order valence-corrected chi connectivity index (χ1v) is 9.82. The van der Waals surface area contributed by atoms with E-state index in [1.54, 1.807) is 0 Å². The molecule has 1 aliphatic rings. The summed E-state index contributed by atoms with van der Waals surface area (Å²) in [4.78, 5) is 16.4. The lowest BCUT2D eigenvalue weighted by Crippen LogP contribution is -2.47. The van der Waals surface area contributed by atoms with Crippen LogP contribution >= 0.6 is 0 Å². The zero-order chi connectivity index (χ0) is 19.2. The summed E-state index contributed by atoms with van der Waals surface area (Å²) in [5.74, 6) is 1.77. The van der Waals surface area contributed by atoms with Crippen molar-refractivity contribution < 1.29 is 0 Å². The Morgan fingerprint density at radius 1 is 1.00 bits per heavy atom. The van der Waals surface area contributed by atoms with Crippen LogP contribution in [-0.2, 0) is 0 Å². The first-order chi connectivity index (χ1) is 13.0. The number of piperazine rings is 1. The van der Waals surface area contributed by atoms with Gasteiger partial charge in [0.1, 0.15) is 5.82 Å². The third-order valence-corrected chi connectivity index (χ3v) is 4.86. The second-order valence-corrected chi connectivity index (χ2v) is 7.59. The summed E-state index contributed by atoms with van der Waals surface area (Å²) in [5.41, 5.74) is 3.63. The van der Waals surface area contributed by atoms with E-state index in [9.17, 15) is 0 Å². The molecule has 6 heteroatoms. The molecule has 3 rings (SSSR count). The quantitative estimate of drug-likeness (QED) is 0.759. The van der Waals surface area contributed by atoms with Gasteiger partial charge in [-0.25, -0.2) is 4.98 Å². The number of nitrogens with one attached hydrogen (secondary N) is 1. The monoisotopic (exact) mass is 368 g/mol. The third-order valence-electron chi connectivity index (χ3n) is 4.86. The molecule has 27 heavy (non-hydrogen) atoms. The maximum absolute atomic E-state index is 4.76. The predicted octanol–water partition coefficient (Wildman–Crippen LogP) is 2.78. The molecular formula is C21H32N6. The molecule has 0 atom stereocenters. The Balaban J connectivity index is 1.58. The Hall–Kier alpha value is -2.34. The number of nitrogens with zero attached hydrogens (tertiary/aromatic N) is 5. The van der Waals surface area contributed by atoms with E-state index < -0.39 is 0 Å². The van der Waals surface area contributed by atoms with Gasteiger partial charge in [-0.2, -0.15) is 4.98 Å². The van der Waals surface area contributed by atoms with E-state index in [4.69, 9.17) is 4.98 Å². The van der Waals surface area contributed by atoms with Gasteiger partial charge >= 0.3 is 0 Å². The van der Waals surface area contributed by atoms with E-state index >= 15 is 0 Å². The summed E-state index contributed by atoms with van der Waals surface area (Å²) >= 11 is 0. The van der Waals surface area contributed by atoms with Crippen molar-refractivity contribution in [2.75, 3.05) is 68.5 Å². The van der Waals surface area contributed by atoms with Gasteiger partial charge in [0.2, 0.25) is 5.95 Å². The second kappa shape index (κ2) is 9.04. The molecule has 1 aliphatic heterocycles. The number of aromatic nitrogens is 2. The van der Waals surface area contributed by atoms with Crippen LogP contribution in [0.2, 0.25) is 0 Å². The minimum atomic E-state index is 0.842. The first kappa shape index (κ1) is 19.4. The fourth-order valence-electron chi connectivity index (χ4n) is 3.39. The Morgan fingerprint density at radius 2 is 1.74 bits per heavy atom. The largest absolute Gasteiger partial charge is 0.370 e. The zero-order valence-electron chi connectivity index (χ0n) is 17.1. The number of rotatable bonds is 7. The Morgan fingerprint density at radius 3 is 2.44 bits per heavy atom. The molecule has 1 N–H and O–H groups in total. The van der Waals surface area contributed by atoms with Crippen LogP contribution in [0.4, 0.5) is 17.5 Å². The van der Waals surface area contributed by atoms with Crippen LogP contribution < -0.4 is 15.1 Å². The molecule has 0 amide bonds. The van der Waals surface area contributed by atoms with Gasteiger partial charge in [0.05, 0.1) is 0 Å². The molecule has 1 aromatic carbocycles. The van der Waals surface area contributed by atoms with E-state index in [1.807, 2.05) is 13.0 Å². The molecule has 146 valence electrons. The van der Waals surface area contributed by atoms with Gasteiger partial charge in [0, 0.05) is 50.2 Å². The van der Waals surface area contributed by atoms with Crippen LogP contribution in [0.25, 0.3) is 0 Å². The standard InChI is InChI=1S/C21H32N6/c1-17-7-5-8-19(15-17)26-11-13-27(14-12-26)21-23-18(2)16-20(24-21)22-9-6-10-25(3)4/h5,7-8,15-16H,6,9-14H2,1-4H3,(H,22,23,24). The van der Waals surface area contributed by atoms with Gasteiger partial charge in [0.25, 0.3) is 0 Å². The van der Waals surface area contributed by atoms with Crippen molar-refractivity contribution in [1.82, 2.24) is 14.9 Å². The van der Waals surface area contributed by atoms with Gasteiger partial charge in [0.15, 0.2) is 0 Å². The van der Waals surface area contributed by atoms with Crippen LogP contribution in [0.15, 0.2) is 30.3 Å². The van der Waals surface area contributed by atoms with Crippen molar-refractivity contribution in [2.24, 2.45) is 0 Å². The predicted molar refractivity (Wildman–Crippen MR) is 114 cm³/mol. The van der Waals surface area contributed by atoms with E-state index in [0.29, 0.717) is 0 Å². The first-order valence-electron chi connectivity index (χ1n) is 9.82. The van der Waals surface area contributed by atoms with Crippen LogP contribution in [0, 0.1) is 13.8 Å². The second-order valence-electron chi connectivity index (χ2n) is 7.59. The van der Waals surface area contributed by atoms with Crippen molar-refractivity contribution in [3.05, 3.63) is 41.6 Å². The average molecular weight is 369 g/mol. The molecule has 0 radical (unpaired) electrons. The molecule has 0 aliphatic carbocycles. The van der Waals surface area contributed by atoms with Crippen molar-refractivity contribution >= 4 is 17.5 Å². The fourth-order valence-corrected chi connectivity index (χ4v) is 3.39. The minimum Gasteiger partial charge on any atom is -0.370 e.